The molecule has 1 aromatic heterocycles. The van der Waals surface area contributed by atoms with Crippen molar-refractivity contribution in [3.63, 3.8) is 0 Å². The Morgan fingerprint density at radius 3 is 2.56 bits per heavy atom. The van der Waals surface area contributed by atoms with E-state index >= 15 is 0 Å². The largest absolute Gasteiger partial charge is 0.508 e. The summed E-state index contributed by atoms with van der Waals surface area (Å²) in [6, 6.07) is 9.82. The van der Waals surface area contributed by atoms with E-state index in [1.54, 1.807) is 36.4 Å². The van der Waals surface area contributed by atoms with Gasteiger partial charge in [0.2, 0.25) is 5.91 Å². The summed E-state index contributed by atoms with van der Waals surface area (Å²) in [5.74, 6) is 0.445. The van der Waals surface area contributed by atoms with Crippen LogP contribution in [0.4, 0.5) is 11.5 Å². The first-order chi connectivity index (χ1) is 8.63. The Bertz CT molecular complexity index is 486. The van der Waals surface area contributed by atoms with Gasteiger partial charge in [-0.15, -0.1) is 0 Å². The molecule has 4 N–H and O–H groups in total. The molecule has 0 saturated heterocycles. The number of benzene rings is 1. The lowest BCUT2D eigenvalue weighted by Crippen LogP contribution is -2.14. The lowest BCUT2D eigenvalue weighted by atomic mass is 10.1. The fourth-order valence-corrected chi connectivity index (χ4v) is 1.48. The van der Waals surface area contributed by atoms with Gasteiger partial charge in [-0.25, -0.2) is 4.98 Å². The molecule has 0 saturated carbocycles. The molecule has 0 spiro atoms. The summed E-state index contributed by atoms with van der Waals surface area (Å²) in [5.41, 5.74) is 6.88. The minimum absolute atomic E-state index is 0.146. The number of pyridine rings is 1. The van der Waals surface area contributed by atoms with Gasteiger partial charge in [0.15, 0.2) is 0 Å². The molecule has 92 valence electrons. The van der Waals surface area contributed by atoms with Gasteiger partial charge in [0.05, 0.1) is 18.3 Å². The molecule has 0 bridgehead atoms. The molecule has 0 fully saturated rings. The third kappa shape index (κ3) is 3.21. The van der Waals surface area contributed by atoms with Crippen molar-refractivity contribution in [2.45, 2.75) is 6.42 Å². The smallest absolute Gasteiger partial charge is 0.228 e. The Kier molecular flexibility index (Phi) is 3.43. The van der Waals surface area contributed by atoms with Crippen LogP contribution in [0.1, 0.15) is 5.56 Å². The van der Waals surface area contributed by atoms with Crippen molar-refractivity contribution in [2.75, 3.05) is 11.1 Å². The maximum absolute atomic E-state index is 11.7. The van der Waals surface area contributed by atoms with E-state index < -0.39 is 0 Å². The highest BCUT2D eigenvalue weighted by Gasteiger charge is 2.04. The van der Waals surface area contributed by atoms with Crippen LogP contribution in [0.3, 0.4) is 0 Å². The van der Waals surface area contributed by atoms with Gasteiger partial charge in [-0.2, -0.15) is 0 Å². The number of phenolic OH excluding ortho intramolecular Hbond substituents is 1. The molecule has 2 rings (SSSR count). The fraction of sp³-hybridized carbons (Fsp3) is 0.0769. The predicted molar refractivity (Wildman–Crippen MR) is 69.1 cm³/mol. The molecule has 0 aliphatic carbocycles. The minimum Gasteiger partial charge on any atom is -0.508 e. The van der Waals surface area contributed by atoms with Gasteiger partial charge in [0, 0.05) is 0 Å². The average Bonchev–Trinajstić information content (AvgIpc) is 2.35. The number of amides is 1. The molecule has 1 heterocycles. The van der Waals surface area contributed by atoms with E-state index in [0.29, 0.717) is 11.5 Å². The zero-order chi connectivity index (χ0) is 13.0. The van der Waals surface area contributed by atoms with Gasteiger partial charge >= 0.3 is 0 Å². The number of phenols is 1. The van der Waals surface area contributed by atoms with Gasteiger partial charge in [-0.3, -0.25) is 4.79 Å². The van der Waals surface area contributed by atoms with Crippen molar-refractivity contribution in [1.29, 1.82) is 0 Å². The van der Waals surface area contributed by atoms with E-state index in [4.69, 9.17) is 10.8 Å². The van der Waals surface area contributed by atoms with Crippen LogP contribution in [-0.2, 0) is 11.2 Å². The fourth-order valence-electron chi connectivity index (χ4n) is 1.48. The molecule has 0 radical (unpaired) electrons. The third-order valence-corrected chi connectivity index (χ3v) is 2.37. The maximum atomic E-state index is 11.7. The van der Waals surface area contributed by atoms with Crippen LogP contribution in [0.2, 0.25) is 0 Å². The number of rotatable bonds is 3. The zero-order valence-corrected chi connectivity index (χ0v) is 9.63. The molecule has 1 amide bonds. The van der Waals surface area contributed by atoms with E-state index in [0.717, 1.165) is 5.56 Å². The number of hydrogen-bond donors (Lipinski definition) is 3. The lowest BCUT2D eigenvalue weighted by molar-refractivity contribution is -0.115. The Balaban J connectivity index is 1.96. The van der Waals surface area contributed by atoms with Crippen molar-refractivity contribution < 1.29 is 9.90 Å². The summed E-state index contributed by atoms with van der Waals surface area (Å²) >= 11 is 0. The quantitative estimate of drug-likeness (QED) is 0.763. The predicted octanol–water partition coefficient (Wildman–Crippen LogP) is 1.55. The minimum atomic E-state index is -0.146. The van der Waals surface area contributed by atoms with Gasteiger partial charge in [0.25, 0.3) is 0 Å². The number of anilines is 2. The molecule has 0 aliphatic heterocycles. The number of nitrogens with zero attached hydrogens (tertiary/aromatic N) is 1. The second-order valence-corrected chi connectivity index (χ2v) is 3.86. The number of nitrogens with two attached hydrogens (primary N) is 1. The number of aromatic hydroxyl groups is 1. The molecular weight excluding hydrogens is 230 g/mol. The van der Waals surface area contributed by atoms with Crippen LogP contribution in [0.15, 0.2) is 42.6 Å². The number of nitrogens with one attached hydrogen (secondary N) is 1. The van der Waals surface area contributed by atoms with Crippen LogP contribution >= 0.6 is 0 Å². The maximum Gasteiger partial charge on any atom is 0.228 e. The summed E-state index contributed by atoms with van der Waals surface area (Å²) in [7, 11) is 0. The van der Waals surface area contributed by atoms with Crippen LogP contribution in [0.5, 0.6) is 5.75 Å². The summed E-state index contributed by atoms with van der Waals surface area (Å²) in [6.45, 7) is 0. The Labute approximate surface area is 104 Å². The van der Waals surface area contributed by atoms with E-state index in [9.17, 15) is 4.79 Å². The van der Waals surface area contributed by atoms with Crippen molar-refractivity contribution in [2.24, 2.45) is 0 Å². The summed E-state index contributed by atoms with van der Waals surface area (Å²) in [5, 5.41) is 11.8. The topological polar surface area (TPSA) is 88.2 Å². The van der Waals surface area contributed by atoms with E-state index in [-0.39, 0.29) is 18.1 Å². The van der Waals surface area contributed by atoms with Crippen molar-refractivity contribution >= 4 is 17.4 Å². The number of carbonyl (C=O) groups is 1. The Hall–Kier alpha value is -2.56. The van der Waals surface area contributed by atoms with E-state index in [1.165, 1.54) is 6.20 Å². The molecule has 18 heavy (non-hydrogen) atoms. The van der Waals surface area contributed by atoms with Gasteiger partial charge in [-0.1, -0.05) is 12.1 Å². The van der Waals surface area contributed by atoms with Gasteiger partial charge in [-0.05, 0) is 29.8 Å². The van der Waals surface area contributed by atoms with Crippen molar-refractivity contribution in [3.8, 4) is 5.75 Å². The monoisotopic (exact) mass is 243 g/mol. The second-order valence-electron chi connectivity index (χ2n) is 3.86. The molecule has 5 nitrogen and oxygen atoms in total. The first-order valence-electron chi connectivity index (χ1n) is 5.43. The molecule has 0 atom stereocenters. The highest BCUT2D eigenvalue weighted by atomic mass is 16.3. The van der Waals surface area contributed by atoms with Crippen LogP contribution in [0, 0.1) is 0 Å². The number of hydrogen-bond acceptors (Lipinski definition) is 4. The number of aromatic nitrogens is 1. The summed E-state index contributed by atoms with van der Waals surface area (Å²) in [6.07, 6.45) is 1.74. The highest BCUT2D eigenvalue weighted by molar-refractivity contribution is 5.92. The molecule has 0 aliphatic rings. The van der Waals surface area contributed by atoms with Crippen molar-refractivity contribution in [1.82, 2.24) is 4.98 Å². The second kappa shape index (κ2) is 5.18. The summed E-state index contributed by atoms with van der Waals surface area (Å²) < 4.78 is 0. The van der Waals surface area contributed by atoms with Crippen molar-refractivity contribution in [3.05, 3.63) is 48.2 Å². The SMILES string of the molecule is Nc1ccc(NC(=O)Cc2ccc(O)cc2)cn1. The van der Waals surface area contributed by atoms with E-state index in [2.05, 4.69) is 10.3 Å². The lowest BCUT2D eigenvalue weighted by Gasteiger charge is -2.05. The Morgan fingerprint density at radius 1 is 1.22 bits per heavy atom. The highest BCUT2D eigenvalue weighted by Crippen LogP contribution is 2.11. The summed E-state index contributed by atoms with van der Waals surface area (Å²) in [4.78, 5) is 15.6. The van der Waals surface area contributed by atoms with Crippen LogP contribution in [-0.4, -0.2) is 16.0 Å². The normalized spacial score (nSPS) is 10.0. The van der Waals surface area contributed by atoms with E-state index in [1.807, 2.05) is 0 Å². The first kappa shape index (κ1) is 11.9. The molecule has 1 aromatic carbocycles. The zero-order valence-electron chi connectivity index (χ0n) is 9.63. The number of nitrogen functional groups attached to an aromatic ring is 1. The van der Waals surface area contributed by atoms with Crippen LogP contribution < -0.4 is 11.1 Å². The van der Waals surface area contributed by atoms with Gasteiger partial charge in [0.1, 0.15) is 11.6 Å². The standard InChI is InChI=1S/C13H13N3O2/c14-12-6-3-10(8-15-12)16-13(18)7-9-1-4-11(17)5-2-9/h1-6,8,17H,7H2,(H2,14,15)(H,16,18). The Morgan fingerprint density at radius 2 is 1.94 bits per heavy atom. The van der Waals surface area contributed by atoms with Gasteiger partial charge < -0.3 is 16.2 Å². The van der Waals surface area contributed by atoms with Crippen LogP contribution in [0.25, 0.3) is 0 Å². The number of carbonyl (C=O) groups excluding carboxylic acids is 1. The molecule has 5 heteroatoms. The molecule has 0 unspecified atom stereocenters. The first-order valence-corrected chi connectivity index (χ1v) is 5.43. The third-order valence-electron chi connectivity index (χ3n) is 2.37. The molecule has 2 aromatic rings. The average molecular weight is 243 g/mol. The molecular formula is C13H13N3O2.